The average molecular weight is 500 g/mol. The molecular formula is C28H25N3O4S. The lowest BCUT2D eigenvalue weighted by molar-refractivity contribution is -0.384. The summed E-state index contributed by atoms with van der Waals surface area (Å²) in [5, 5.41) is 11.2. The van der Waals surface area contributed by atoms with E-state index < -0.39 is 20.5 Å². The van der Waals surface area contributed by atoms with E-state index in [-0.39, 0.29) is 22.7 Å². The molecule has 1 atom stereocenters. The maximum Gasteiger partial charge on any atom is 0.282 e. The van der Waals surface area contributed by atoms with E-state index >= 15 is 0 Å². The van der Waals surface area contributed by atoms with Gasteiger partial charge in [-0.2, -0.15) is 12.8 Å². The Bertz CT molecular complexity index is 1490. The van der Waals surface area contributed by atoms with Crippen molar-refractivity contribution in [3.05, 3.63) is 142 Å². The molecule has 4 rings (SSSR count). The van der Waals surface area contributed by atoms with E-state index in [1.54, 1.807) is 48.5 Å². The summed E-state index contributed by atoms with van der Waals surface area (Å²) in [4.78, 5) is 10.8. The molecule has 36 heavy (non-hydrogen) atoms. The van der Waals surface area contributed by atoms with Crippen LogP contribution in [-0.2, 0) is 22.0 Å². The molecule has 4 aromatic rings. The third-order valence-corrected chi connectivity index (χ3v) is 7.31. The van der Waals surface area contributed by atoms with Crippen LogP contribution in [0.2, 0.25) is 0 Å². The van der Waals surface area contributed by atoms with Crippen LogP contribution in [0.25, 0.3) is 0 Å². The number of nitro benzene ring substituents is 1. The molecule has 0 aromatic heterocycles. The number of benzene rings is 4. The Labute approximate surface area is 210 Å². The molecule has 0 fully saturated rings. The number of hydrogen-bond acceptors (Lipinski definition) is 5. The third kappa shape index (κ3) is 5.25. The second-order valence-electron chi connectivity index (χ2n) is 8.47. The molecule has 0 aliphatic carbocycles. The van der Waals surface area contributed by atoms with Crippen LogP contribution in [0.1, 0.15) is 22.3 Å². The number of non-ortho nitro benzene ring substituents is 1. The highest BCUT2D eigenvalue weighted by Crippen LogP contribution is 2.33. The summed E-state index contributed by atoms with van der Waals surface area (Å²) in [6.45, 7) is 1.87. The molecule has 0 spiro atoms. The maximum atomic E-state index is 13.5. The van der Waals surface area contributed by atoms with E-state index in [0.29, 0.717) is 11.1 Å². The molecule has 0 bridgehead atoms. The van der Waals surface area contributed by atoms with E-state index in [4.69, 9.17) is 5.73 Å². The molecule has 0 saturated heterocycles. The van der Waals surface area contributed by atoms with Crippen LogP contribution in [0.5, 0.6) is 0 Å². The van der Waals surface area contributed by atoms with Gasteiger partial charge in [-0.25, -0.2) is 0 Å². The predicted molar refractivity (Wildman–Crippen MR) is 140 cm³/mol. The second kappa shape index (κ2) is 10.2. The average Bonchev–Trinajstić information content (AvgIpc) is 2.89. The summed E-state index contributed by atoms with van der Waals surface area (Å²) < 4.78 is 31.2. The lowest BCUT2D eigenvalue weighted by Crippen LogP contribution is -2.47. The Morgan fingerprint density at radius 1 is 0.833 bits per heavy atom. The summed E-state index contributed by atoms with van der Waals surface area (Å²) in [7, 11) is -4.12. The first-order chi connectivity index (χ1) is 17.2. The molecule has 182 valence electrons. The number of aryl methyl sites for hydroxylation is 1. The topological polar surface area (TPSA) is 116 Å². The van der Waals surface area contributed by atoms with Crippen LogP contribution < -0.4 is 5.73 Å². The van der Waals surface area contributed by atoms with Gasteiger partial charge >= 0.3 is 0 Å². The van der Waals surface area contributed by atoms with Gasteiger partial charge in [0.15, 0.2) is 0 Å². The fourth-order valence-electron chi connectivity index (χ4n) is 3.99. The number of rotatable bonds is 8. The number of nitro groups is 1. The van der Waals surface area contributed by atoms with Gasteiger partial charge in [0.05, 0.1) is 15.5 Å². The number of nitrogens with zero attached hydrogens (tertiary/aromatic N) is 2. The van der Waals surface area contributed by atoms with Crippen LogP contribution in [0, 0.1) is 17.0 Å². The van der Waals surface area contributed by atoms with Crippen molar-refractivity contribution in [2.24, 2.45) is 10.1 Å². The minimum Gasteiger partial charge on any atom is -0.313 e. The predicted octanol–water partition coefficient (Wildman–Crippen LogP) is 5.18. The van der Waals surface area contributed by atoms with Gasteiger partial charge in [0.25, 0.3) is 15.7 Å². The summed E-state index contributed by atoms with van der Waals surface area (Å²) in [5.41, 5.74) is 8.54. The van der Waals surface area contributed by atoms with Gasteiger partial charge in [-0.3, -0.25) is 10.1 Å². The van der Waals surface area contributed by atoms with E-state index in [1.165, 1.54) is 24.3 Å². The van der Waals surface area contributed by atoms with Gasteiger partial charge in [0, 0.05) is 18.6 Å². The zero-order valence-corrected chi connectivity index (χ0v) is 20.4. The van der Waals surface area contributed by atoms with Crippen molar-refractivity contribution in [1.82, 2.24) is 0 Å². The molecule has 0 amide bonds. The van der Waals surface area contributed by atoms with Gasteiger partial charge in [0.2, 0.25) is 0 Å². The first-order valence-electron chi connectivity index (χ1n) is 11.2. The van der Waals surface area contributed by atoms with E-state index in [0.717, 1.165) is 11.1 Å². The van der Waals surface area contributed by atoms with Crippen LogP contribution in [0.15, 0.2) is 118 Å². The van der Waals surface area contributed by atoms with Crippen LogP contribution in [0.4, 0.5) is 5.69 Å². The van der Waals surface area contributed by atoms with Gasteiger partial charge < -0.3 is 5.73 Å². The minimum atomic E-state index is -4.12. The molecule has 2 N–H and O–H groups in total. The van der Waals surface area contributed by atoms with Crippen LogP contribution >= 0.6 is 0 Å². The number of nitrogens with two attached hydrogens (primary N) is 1. The van der Waals surface area contributed by atoms with Crippen molar-refractivity contribution >= 4 is 21.4 Å². The standard InChI is InChI=1S/C28H25N3O4S/c1-21-12-18-26(19-13-21)36(34,35)30-27(20-22-8-4-2-5-9-22)28(29,23-10-6-3-7-11-23)24-14-16-25(17-15-24)31(32)33/h2-19H,20,29H2,1H3. The number of sulfonamides is 1. The summed E-state index contributed by atoms with van der Waals surface area (Å²) >= 11 is 0. The third-order valence-electron chi connectivity index (χ3n) is 5.98. The van der Waals surface area contributed by atoms with E-state index in [1.807, 2.05) is 43.3 Å². The highest BCUT2D eigenvalue weighted by molar-refractivity contribution is 7.90. The molecule has 7 nitrogen and oxygen atoms in total. The van der Waals surface area contributed by atoms with Gasteiger partial charge in [-0.1, -0.05) is 78.4 Å². The molecule has 0 radical (unpaired) electrons. The molecule has 0 aliphatic rings. The van der Waals surface area contributed by atoms with Crippen molar-refractivity contribution in [3.63, 3.8) is 0 Å². The molecule has 0 aliphatic heterocycles. The summed E-state index contributed by atoms with van der Waals surface area (Å²) in [6.07, 6.45) is 0.147. The number of hydrogen-bond donors (Lipinski definition) is 1. The van der Waals surface area contributed by atoms with Crippen LogP contribution in [0.3, 0.4) is 0 Å². The SMILES string of the molecule is Cc1ccc(S(=O)(=O)N=C(Cc2ccccc2)C(N)(c2ccccc2)c2ccc([N+](=O)[O-])cc2)cc1. The Morgan fingerprint density at radius 2 is 1.36 bits per heavy atom. The summed E-state index contributed by atoms with van der Waals surface area (Å²) in [6, 6.07) is 30.6. The fourth-order valence-corrected chi connectivity index (χ4v) is 5.07. The zero-order chi connectivity index (χ0) is 25.8. The Morgan fingerprint density at radius 3 is 1.92 bits per heavy atom. The monoisotopic (exact) mass is 499 g/mol. The van der Waals surface area contributed by atoms with E-state index in [2.05, 4.69) is 4.40 Å². The Hall–Kier alpha value is -4.14. The smallest absolute Gasteiger partial charge is 0.282 e. The largest absolute Gasteiger partial charge is 0.313 e. The molecule has 1 unspecified atom stereocenters. The first-order valence-corrected chi connectivity index (χ1v) is 12.7. The van der Waals surface area contributed by atoms with Crippen LogP contribution in [-0.4, -0.2) is 19.1 Å². The molecular weight excluding hydrogens is 474 g/mol. The van der Waals surface area contributed by atoms with E-state index in [9.17, 15) is 18.5 Å². The van der Waals surface area contributed by atoms with Crippen molar-refractivity contribution in [1.29, 1.82) is 0 Å². The quantitative estimate of drug-likeness (QED) is 0.204. The highest BCUT2D eigenvalue weighted by Gasteiger charge is 2.37. The molecule has 0 saturated carbocycles. The zero-order valence-electron chi connectivity index (χ0n) is 19.6. The maximum absolute atomic E-state index is 13.5. The second-order valence-corrected chi connectivity index (χ2v) is 10.1. The lowest BCUT2D eigenvalue weighted by Gasteiger charge is -2.32. The first kappa shape index (κ1) is 25.0. The minimum absolute atomic E-state index is 0.0535. The molecule has 8 heteroatoms. The highest BCUT2D eigenvalue weighted by atomic mass is 32.2. The van der Waals surface area contributed by atoms with Crippen molar-refractivity contribution in [2.75, 3.05) is 0 Å². The lowest BCUT2D eigenvalue weighted by atomic mass is 9.77. The van der Waals surface area contributed by atoms with Gasteiger partial charge in [-0.15, -0.1) is 0 Å². The van der Waals surface area contributed by atoms with Crippen molar-refractivity contribution < 1.29 is 13.3 Å². The van der Waals surface area contributed by atoms with Gasteiger partial charge in [0.1, 0.15) is 5.54 Å². The van der Waals surface area contributed by atoms with Crippen molar-refractivity contribution in [2.45, 2.75) is 23.8 Å². The molecule has 0 heterocycles. The Kier molecular flexibility index (Phi) is 7.10. The Balaban J connectivity index is 1.96. The van der Waals surface area contributed by atoms with Gasteiger partial charge in [-0.05, 0) is 47.9 Å². The normalized spacial score (nSPS) is 13.7. The molecule has 4 aromatic carbocycles. The van der Waals surface area contributed by atoms with Crippen molar-refractivity contribution in [3.8, 4) is 0 Å². The fraction of sp³-hybridized carbons (Fsp3) is 0.107. The summed E-state index contributed by atoms with van der Waals surface area (Å²) in [5.74, 6) is 0.